The molecule has 0 spiro atoms. The molecule has 0 aliphatic carbocycles. The van der Waals surface area contributed by atoms with Crippen molar-refractivity contribution in [2.24, 2.45) is 0 Å². The van der Waals surface area contributed by atoms with Gasteiger partial charge in [-0.15, -0.1) is 0 Å². The summed E-state index contributed by atoms with van der Waals surface area (Å²) in [5.41, 5.74) is 2.22. The summed E-state index contributed by atoms with van der Waals surface area (Å²) in [5.74, 6) is 1.69. The lowest BCUT2D eigenvalue weighted by Gasteiger charge is -2.14. The molecule has 1 aliphatic rings. The van der Waals surface area contributed by atoms with Gasteiger partial charge in [-0.1, -0.05) is 0 Å². The van der Waals surface area contributed by atoms with Crippen LogP contribution in [0.3, 0.4) is 0 Å². The Morgan fingerprint density at radius 2 is 1.82 bits per heavy atom. The molecule has 1 fully saturated rings. The van der Waals surface area contributed by atoms with Crippen LogP contribution < -0.4 is 24.3 Å². The Bertz CT molecular complexity index is 1260. The van der Waals surface area contributed by atoms with Gasteiger partial charge in [-0.2, -0.15) is 0 Å². The average Bonchev–Trinajstić information content (AvgIpc) is 3.38. The predicted molar refractivity (Wildman–Crippen MR) is 122 cm³/mol. The maximum atomic E-state index is 12.2. The number of rotatable bonds is 8. The van der Waals surface area contributed by atoms with Gasteiger partial charge in [0.05, 0.1) is 39.1 Å². The van der Waals surface area contributed by atoms with Crippen molar-refractivity contribution in [1.29, 1.82) is 0 Å². The zero-order valence-corrected chi connectivity index (χ0v) is 19.4. The largest absolute Gasteiger partial charge is 0.493 e. The van der Waals surface area contributed by atoms with Crippen molar-refractivity contribution in [3.63, 3.8) is 0 Å². The van der Waals surface area contributed by atoms with Gasteiger partial charge >= 0.3 is 0 Å². The maximum absolute atomic E-state index is 12.2. The molecule has 0 bridgehead atoms. The van der Waals surface area contributed by atoms with E-state index in [9.17, 15) is 13.2 Å². The zero-order chi connectivity index (χ0) is 23.6. The third-order valence-electron chi connectivity index (χ3n) is 5.49. The average molecular weight is 476 g/mol. The fourth-order valence-electron chi connectivity index (χ4n) is 3.89. The van der Waals surface area contributed by atoms with Crippen molar-refractivity contribution in [1.82, 2.24) is 5.32 Å². The van der Waals surface area contributed by atoms with E-state index in [-0.39, 0.29) is 30.1 Å². The van der Waals surface area contributed by atoms with E-state index in [0.29, 0.717) is 35.0 Å². The first-order valence-corrected chi connectivity index (χ1v) is 12.1. The fourth-order valence-corrected chi connectivity index (χ4v) is 5.56. The van der Waals surface area contributed by atoms with Crippen molar-refractivity contribution >= 4 is 26.7 Å². The van der Waals surface area contributed by atoms with Gasteiger partial charge in [0, 0.05) is 17.0 Å². The number of hydrogen-bond acceptors (Lipinski definition) is 8. The molecule has 1 saturated heterocycles. The first-order chi connectivity index (χ1) is 15.8. The van der Waals surface area contributed by atoms with E-state index in [2.05, 4.69) is 5.32 Å². The quantitative estimate of drug-likeness (QED) is 0.529. The number of amides is 1. The molecule has 1 amide bonds. The summed E-state index contributed by atoms with van der Waals surface area (Å²) in [6.07, 6.45) is 2.05. The first kappa shape index (κ1) is 22.8. The molecule has 3 aromatic rings. The van der Waals surface area contributed by atoms with E-state index < -0.39 is 9.84 Å². The van der Waals surface area contributed by atoms with Crippen LogP contribution in [-0.2, 0) is 14.6 Å². The van der Waals surface area contributed by atoms with E-state index in [1.807, 2.05) is 12.1 Å². The molecule has 4 rings (SSSR count). The number of hydrogen-bond donors (Lipinski definition) is 1. The van der Waals surface area contributed by atoms with Crippen molar-refractivity contribution in [3.05, 3.63) is 36.6 Å². The number of furan rings is 1. The highest BCUT2D eigenvalue weighted by Gasteiger charge is 2.29. The highest BCUT2D eigenvalue weighted by atomic mass is 32.2. The molecule has 2 aromatic carbocycles. The van der Waals surface area contributed by atoms with E-state index in [4.69, 9.17) is 23.4 Å². The Morgan fingerprint density at radius 3 is 2.42 bits per heavy atom. The molecule has 176 valence electrons. The van der Waals surface area contributed by atoms with Gasteiger partial charge in [-0.05, 0) is 42.3 Å². The number of ether oxygens (including phenoxy) is 4. The summed E-state index contributed by atoms with van der Waals surface area (Å²) in [6.45, 7) is -0.223. The molecular weight excluding hydrogens is 450 g/mol. The minimum atomic E-state index is -3.06. The van der Waals surface area contributed by atoms with E-state index >= 15 is 0 Å². The Morgan fingerprint density at radius 1 is 1.09 bits per heavy atom. The number of benzene rings is 2. The van der Waals surface area contributed by atoms with Crippen LogP contribution in [0.5, 0.6) is 23.0 Å². The smallest absolute Gasteiger partial charge is 0.258 e. The summed E-state index contributed by atoms with van der Waals surface area (Å²) in [7, 11) is 1.57. The van der Waals surface area contributed by atoms with Gasteiger partial charge in [0.25, 0.3) is 5.91 Å². The second-order valence-corrected chi connectivity index (χ2v) is 9.91. The van der Waals surface area contributed by atoms with Gasteiger partial charge in [0.15, 0.2) is 27.9 Å². The molecule has 1 aliphatic heterocycles. The minimum Gasteiger partial charge on any atom is -0.493 e. The Balaban J connectivity index is 1.54. The molecule has 1 atom stereocenters. The lowest BCUT2D eigenvalue weighted by atomic mass is 10.0. The van der Waals surface area contributed by atoms with E-state index in [1.54, 1.807) is 45.8 Å². The molecule has 1 aromatic heterocycles. The molecule has 9 nitrogen and oxygen atoms in total. The summed E-state index contributed by atoms with van der Waals surface area (Å²) < 4.78 is 50.7. The number of sulfone groups is 1. The summed E-state index contributed by atoms with van der Waals surface area (Å²) in [5, 5.41) is 3.49. The van der Waals surface area contributed by atoms with Crippen molar-refractivity contribution in [2.45, 2.75) is 12.5 Å². The maximum Gasteiger partial charge on any atom is 0.258 e. The molecule has 1 unspecified atom stereocenters. The topological polar surface area (TPSA) is 113 Å². The summed E-state index contributed by atoms with van der Waals surface area (Å²) >= 11 is 0. The van der Waals surface area contributed by atoms with Crippen molar-refractivity contribution in [2.75, 3.05) is 39.4 Å². The van der Waals surface area contributed by atoms with E-state index in [0.717, 1.165) is 16.5 Å². The second-order valence-electron chi connectivity index (χ2n) is 7.68. The molecule has 10 heteroatoms. The third kappa shape index (κ3) is 4.85. The SMILES string of the molecule is COc1cc(-c2coc3ccc(OCC(=O)NC4CCS(=O)(=O)C4)cc23)cc(OC)c1OC. The Labute approximate surface area is 191 Å². The van der Waals surface area contributed by atoms with Crippen LogP contribution in [0.1, 0.15) is 6.42 Å². The minimum absolute atomic E-state index is 0.0299. The molecule has 0 saturated carbocycles. The molecule has 33 heavy (non-hydrogen) atoms. The third-order valence-corrected chi connectivity index (χ3v) is 7.26. The van der Waals surface area contributed by atoms with Crippen LogP contribution in [0.4, 0.5) is 0 Å². The van der Waals surface area contributed by atoms with Crippen LogP contribution in [0, 0.1) is 0 Å². The normalized spacial score (nSPS) is 17.0. The van der Waals surface area contributed by atoms with Gasteiger partial charge in [0.1, 0.15) is 11.3 Å². The van der Waals surface area contributed by atoms with Crippen molar-refractivity contribution < 1.29 is 36.6 Å². The Kier molecular flexibility index (Phi) is 6.37. The Hall–Kier alpha value is -3.40. The lowest BCUT2D eigenvalue weighted by Crippen LogP contribution is -2.38. The zero-order valence-electron chi connectivity index (χ0n) is 18.5. The predicted octanol–water partition coefficient (Wildman–Crippen LogP) is 2.81. The molecule has 2 heterocycles. The summed E-state index contributed by atoms with van der Waals surface area (Å²) in [6, 6.07) is 8.52. The lowest BCUT2D eigenvalue weighted by molar-refractivity contribution is -0.123. The molecule has 0 radical (unpaired) electrons. The van der Waals surface area contributed by atoms with Crippen LogP contribution in [-0.4, -0.2) is 59.8 Å². The summed E-state index contributed by atoms with van der Waals surface area (Å²) in [4.78, 5) is 12.2. The van der Waals surface area contributed by atoms with Crippen LogP contribution >= 0.6 is 0 Å². The monoisotopic (exact) mass is 475 g/mol. The van der Waals surface area contributed by atoms with Gasteiger partial charge in [0.2, 0.25) is 5.75 Å². The standard InChI is InChI=1S/C23H25NO8S/c1-28-20-8-14(9-21(29-2)23(20)30-3)18-11-32-19-5-4-16(10-17(18)19)31-12-22(25)24-15-6-7-33(26,27)13-15/h4-5,8-11,15H,6-7,12-13H2,1-3H3,(H,24,25). The number of nitrogens with one attached hydrogen (secondary N) is 1. The number of carbonyl (C=O) groups is 1. The number of fused-ring (bicyclic) bond motifs is 1. The molecular formula is C23H25NO8S. The van der Waals surface area contributed by atoms with Gasteiger partial charge in [-0.25, -0.2) is 8.42 Å². The van der Waals surface area contributed by atoms with E-state index in [1.165, 1.54) is 0 Å². The highest BCUT2D eigenvalue weighted by molar-refractivity contribution is 7.91. The number of methoxy groups -OCH3 is 3. The first-order valence-electron chi connectivity index (χ1n) is 10.3. The fraction of sp³-hybridized carbons (Fsp3) is 0.348. The van der Waals surface area contributed by atoms with Crippen molar-refractivity contribution in [3.8, 4) is 34.1 Å². The van der Waals surface area contributed by atoms with Crippen LogP contribution in [0.2, 0.25) is 0 Å². The van der Waals surface area contributed by atoms with Crippen LogP contribution in [0.25, 0.3) is 22.1 Å². The van der Waals surface area contributed by atoms with Gasteiger partial charge < -0.3 is 28.7 Å². The molecule has 1 N–H and O–H groups in total. The number of carbonyl (C=O) groups excluding carboxylic acids is 1. The van der Waals surface area contributed by atoms with Crippen LogP contribution in [0.15, 0.2) is 41.0 Å². The highest BCUT2D eigenvalue weighted by Crippen LogP contribution is 2.43. The second kappa shape index (κ2) is 9.22. The van der Waals surface area contributed by atoms with Gasteiger partial charge in [-0.3, -0.25) is 4.79 Å².